The van der Waals surface area contributed by atoms with Crippen LogP contribution in [0.2, 0.25) is 0 Å². The number of nitrogens with one attached hydrogen (secondary N) is 1. The van der Waals surface area contributed by atoms with Crippen LogP contribution in [-0.2, 0) is 19.1 Å². The summed E-state index contributed by atoms with van der Waals surface area (Å²) in [6, 6.07) is 0.0936. The van der Waals surface area contributed by atoms with Gasteiger partial charge in [0.05, 0.1) is 19.1 Å². The number of piperidine rings is 1. The first-order valence-electron chi connectivity index (χ1n) is 9.16. The maximum atomic E-state index is 12.5. The highest BCUT2D eigenvalue weighted by molar-refractivity contribution is 5.77. The maximum absolute atomic E-state index is 12.5. The van der Waals surface area contributed by atoms with Gasteiger partial charge in [-0.05, 0) is 32.1 Å². The van der Waals surface area contributed by atoms with E-state index in [-0.39, 0.29) is 24.0 Å². The van der Waals surface area contributed by atoms with Gasteiger partial charge in [0.2, 0.25) is 11.8 Å². The number of amides is 2. The topological polar surface area (TPSA) is 93.9 Å². The van der Waals surface area contributed by atoms with Gasteiger partial charge in [-0.25, -0.2) is 0 Å². The molecule has 2 aliphatic heterocycles. The lowest BCUT2D eigenvalue weighted by molar-refractivity contribution is -0.137. The number of rotatable bonds is 8. The summed E-state index contributed by atoms with van der Waals surface area (Å²) in [5.74, 6) is 0.0816. The van der Waals surface area contributed by atoms with Gasteiger partial charge < -0.3 is 25.4 Å². The Morgan fingerprint density at radius 2 is 1.96 bits per heavy atom. The van der Waals surface area contributed by atoms with Gasteiger partial charge in [0.1, 0.15) is 0 Å². The number of carbonyl (C=O) groups excluding carboxylic acids is 2. The summed E-state index contributed by atoms with van der Waals surface area (Å²) in [6.07, 6.45) is 5.85. The van der Waals surface area contributed by atoms with Crippen molar-refractivity contribution in [2.75, 3.05) is 39.5 Å². The van der Waals surface area contributed by atoms with E-state index < -0.39 is 0 Å². The Balaban J connectivity index is 1.71. The molecule has 0 aromatic heterocycles. The molecule has 2 saturated heterocycles. The molecular formula is C17H31N3O4. The van der Waals surface area contributed by atoms with Crippen LogP contribution in [0.25, 0.3) is 0 Å². The van der Waals surface area contributed by atoms with E-state index in [0.29, 0.717) is 32.5 Å². The highest BCUT2D eigenvalue weighted by Gasteiger charge is 2.27. The van der Waals surface area contributed by atoms with Crippen molar-refractivity contribution in [3.63, 3.8) is 0 Å². The molecule has 0 bridgehead atoms. The van der Waals surface area contributed by atoms with Crippen molar-refractivity contribution in [3.05, 3.63) is 0 Å². The van der Waals surface area contributed by atoms with Gasteiger partial charge in [0.15, 0.2) is 0 Å². The average molecular weight is 341 g/mol. The number of nitrogens with two attached hydrogens (primary N) is 1. The molecule has 7 heteroatoms. The standard InChI is InChI=1S/C17H31N3O4/c18-8-4-16(21)19-13-14-3-1-2-9-20(14)17(22)7-12-24-15-5-10-23-11-6-15/h14-15H,1-13,18H2,(H,19,21). The van der Waals surface area contributed by atoms with Crippen molar-refractivity contribution in [1.29, 1.82) is 0 Å². The Morgan fingerprint density at radius 3 is 2.71 bits per heavy atom. The second-order valence-corrected chi connectivity index (χ2v) is 6.51. The Hall–Kier alpha value is -1.18. The predicted octanol–water partition coefficient (Wildman–Crippen LogP) is 0.418. The van der Waals surface area contributed by atoms with Crippen LogP contribution in [-0.4, -0.2) is 68.3 Å². The van der Waals surface area contributed by atoms with Crippen LogP contribution in [0.15, 0.2) is 0 Å². The van der Waals surface area contributed by atoms with Crippen molar-refractivity contribution >= 4 is 11.8 Å². The molecule has 0 spiro atoms. The molecule has 24 heavy (non-hydrogen) atoms. The number of hydrogen-bond acceptors (Lipinski definition) is 5. The molecule has 2 heterocycles. The van der Waals surface area contributed by atoms with Crippen LogP contribution in [0.3, 0.4) is 0 Å². The molecule has 0 aromatic rings. The molecule has 138 valence electrons. The number of ether oxygens (including phenoxy) is 2. The summed E-state index contributed by atoms with van der Waals surface area (Å²) < 4.78 is 11.1. The molecule has 0 aromatic carbocycles. The van der Waals surface area contributed by atoms with E-state index >= 15 is 0 Å². The average Bonchev–Trinajstić information content (AvgIpc) is 2.61. The SMILES string of the molecule is NCCC(=O)NCC1CCCCN1C(=O)CCOC1CCOCC1. The lowest BCUT2D eigenvalue weighted by Gasteiger charge is -2.36. The van der Waals surface area contributed by atoms with Crippen LogP contribution < -0.4 is 11.1 Å². The minimum Gasteiger partial charge on any atom is -0.381 e. The molecule has 2 rings (SSSR count). The Kier molecular flexibility index (Phi) is 8.49. The number of nitrogens with zero attached hydrogens (tertiary/aromatic N) is 1. The third-order valence-electron chi connectivity index (χ3n) is 4.69. The van der Waals surface area contributed by atoms with E-state index in [1.54, 1.807) is 0 Å². The summed E-state index contributed by atoms with van der Waals surface area (Å²) in [7, 11) is 0. The molecule has 0 radical (unpaired) electrons. The first-order valence-corrected chi connectivity index (χ1v) is 9.16. The van der Waals surface area contributed by atoms with Crippen LogP contribution in [0, 0.1) is 0 Å². The zero-order chi connectivity index (χ0) is 17.2. The van der Waals surface area contributed by atoms with Crippen LogP contribution >= 0.6 is 0 Å². The first kappa shape index (κ1) is 19.1. The Morgan fingerprint density at radius 1 is 1.17 bits per heavy atom. The van der Waals surface area contributed by atoms with E-state index in [1.807, 2.05) is 4.90 Å². The Bertz CT molecular complexity index is 399. The molecule has 1 atom stereocenters. The van der Waals surface area contributed by atoms with E-state index in [1.165, 1.54) is 0 Å². The molecule has 7 nitrogen and oxygen atoms in total. The molecule has 0 aliphatic carbocycles. The van der Waals surface area contributed by atoms with Crippen molar-refractivity contribution in [3.8, 4) is 0 Å². The summed E-state index contributed by atoms with van der Waals surface area (Å²) in [6.45, 7) is 3.60. The highest BCUT2D eigenvalue weighted by atomic mass is 16.5. The lowest BCUT2D eigenvalue weighted by atomic mass is 10.0. The van der Waals surface area contributed by atoms with Crippen LogP contribution in [0.5, 0.6) is 0 Å². The molecule has 3 N–H and O–H groups in total. The van der Waals surface area contributed by atoms with Gasteiger partial charge in [-0.1, -0.05) is 0 Å². The largest absolute Gasteiger partial charge is 0.381 e. The van der Waals surface area contributed by atoms with Crippen molar-refractivity contribution in [2.24, 2.45) is 5.73 Å². The predicted molar refractivity (Wildman–Crippen MR) is 90.4 cm³/mol. The maximum Gasteiger partial charge on any atom is 0.225 e. The first-order chi connectivity index (χ1) is 11.7. The zero-order valence-corrected chi connectivity index (χ0v) is 14.5. The van der Waals surface area contributed by atoms with Crippen molar-refractivity contribution in [1.82, 2.24) is 10.2 Å². The number of hydrogen-bond donors (Lipinski definition) is 2. The summed E-state index contributed by atoms with van der Waals surface area (Å²) in [4.78, 5) is 26.0. The third-order valence-corrected chi connectivity index (χ3v) is 4.69. The normalized spacial score (nSPS) is 22.4. The summed E-state index contributed by atoms with van der Waals surface area (Å²) in [5.41, 5.74) is 5.38. The number of carbonyl (C=O) groups is 2. The fourth-order valence-corrected chi connectivity index (χ4v) is 3.29. The van der Waals surface area contributed by atoms with Crippen LogP contribution in [0.4, 0.5) is 0 Å². The second kappa shape index (κ2) is 10.6. The van der Waals surface area contributed by atoms with E-state index in [9.17, 15) is 9.59 Å². The molecule has 2 aliphatic rings. The fraction of sp³-hybridized carbons (Fsp3) is 0.882. The molecule has 2 amide bonds. The second-order valence-electron chi connectivity index (χ2n) is 6.51. The Labute approximate surface area is 144 Å². The quantitative estimate of drug-likeness (QED) is 0.667. The minimum atomic E-state index is -0.0432. The third kappa shape index (κ3) is 6.37. The van der Waals surface area contributed by atoms with Gasteiger partial charge in [-0.2, -0.15) is 0 Å². The molecule has 2 fully saturated rings. The molecule has 0 saturated carbocycles. The van der Waals surface area contributed by atoms with Gasteiger partial charge in [0.25, 0.3) is 0 Å². The smallest absolute Gasteiger partial charge is 0.225 e. The van der Waals surface area contributed by atoms with Crippen molar-refractivity contribution < 1.29 is 19.1 Å². The van der Waals surface area contributed by atoms with Gasteiger partial charge in [0, 0.05) is 45.3 Å². The van der Waals surface area contributed by atoms with E-state index in [4.69, 9.17) is 15.2 Å². The van der Waals surface area contributed by atoms with Gasteiger partial charge >= 0.3 is 0 Å². The van der Waals surface area contributed by atoms with Crippen molar-refractivity contribution in [2.45, 2.75) is 57.1 Å². The lowest BCUT2D eigenvalue weighted by Crippen LogP contribution is -2.49. The van der Waals surface area contributed by atoms with E-state index in [2.05, 4.69) is 5.32 Å². The minimum absolute atomic E-state index is 0.0432. The van der Waals surface area contributed by atoms with Gasteiger partial charge in [-0.3, -0.25) is 9.59 Å². The highest BCUT2D eigenvalue weighted by Crippen LogP contribution is 2.18. The summed E-state index contributed by atoms with van der Waals surface area (Å²) >= 11 is 0. The molecular weight excluding hydrogens is 310 g/mol. The monoisotopic (exact) mass is 341 g/mol. The summed E-state index contributed by atoms with van der Waals surface area (Å²) in [5, 5.41) is 2.89. The molecule has 1 unspecified atom stereocenters. The zero-order valence-electron chi connectivity index (χ0n) is 14.5. The fourth-order valence-electron chi connectivity index (χ4n) is 3.29. The van der Waals surface area contributed by atoms with Gasteiger partial charge in [-0.15, -0.1) is 0 Å². The number of likely N-dealkylation sites (tertiary alicyclic amines) is 1. The van der Waals surface area contributed by atoms with Crippen LogP contribution in [0.1, 0.15) is 44.9 Å². The van der Waals surface area contributed by atoms with E-state index in [0.717, 1.165) is 51.9 Å².